The number of allylic oxidation sites excluding steroid dienone is 15. The molecule has 0 aliphatic carbocycles. The highest BCUT2D eigenvalue weighted by Crippen LogP contribution is 2.38. The second-order valence-electron chi connectivity index (χ2n) is 18.5. The van der Waals surface area contributed by atoms with Crippen LogP contribution < -0.4 is 10.2 Å². The number of carbonyl (C=O) groups excluding carboxylic acids is 1. The van der Waals surface area contributed by atoms with Gasteiger partial charge in [0.1, 0.15) is 13.2 Å². The molecule has 65 heavy (non-hydrogen) atoms. The number of amides is 1. The van der Waals surface area contributed by atoms with Crippen LogP contribution in [0.5, 0.6) is 0 Å². The molecule has 0 heterocycles. The molecule has 0 radical (unpaired) electrons. The third-order valence-corrected chi connectivity index (χ3v) is 12.0. The molecule has 0 aromatic heterocycles. The van der Waals surface area contributed by atoms with E-state index in [4.69, 9.17) is 9.05 Å². The highest BCUT2D eigenvalue weighted by molar-refractivity contribution is 7.45. The SMILES string of the molecule is CC/C=C\C/C=C\C/C=C\C/C=C\C/C=C\CCCC(=O)NC(COP(=O)([O-])OCC[N+](C)(C)C)C(O)/C=C/CC/C=C/CC/C=C/CCCCCCCCCCCCCCCCCC. The molecule has 0 aliphatic heterocycles. The molecule has 0 rings (SSSR count). The molecule has 9 heteroatoms. The Morgan fingerprint density at radius 1 is 0.554 bits per heavy atom. The normalized spacial score (nSPS) is 14.9. The number of hydrogen-bond donors (Lipinski definition) is 2. The number of hydrogen-bond acceptors (Lipinski definition) is 6. The number of aliphatic hydroxyl groups excluding tert-OH is 1. The van der Waals surface area contributed by atoms with E-state index in [1.807, 2.05) is 27.2 Å². The van der Waals surface area contributed by atoms with Crippen molar-refractivity contribution in [2.24, 2.45) is 0 Å². The summed E-state index contributed by atoms with van der Waals surface area (Å²) >= 11 is 0. The van der Waals surface area contributed by atoms with E-state index in [-0.39, 0.29) is 18.9 Å². The van der Waals surface area contributed by atoms with E-state index in [2.05, 4.69) is 104 Å². The van der Waals surface area contributed by atoms with Gasteiger partial charge in [0.05, 0.1) is 39.9 Å². The van der Waals surface area contributed by atoms with Gasteiger partial charge in [0, 0.05) is 6.42 Å². The van der Waals surface area contributed by atoms with Crippen LogP contribution in [-0.4, -0.2) is 68.5 Å². The number of quaternary nitrogens is 1. The topological polar surface area (TPSA) is 108 Å². The molecule has 0 aromatic rings. The zero-order chi connectivity index (χ0) is 47.8. The van der Waals surface area contributed by atoms with Gasteiger partial charge in [-0.1, -0.05) is 207 Å². The fourth-order valence-electron chi connectivity index (χ4n) is 6.93. The number of nitrogens with one attached hydrogen (secondary N) is 1. The lowest BCUT2D eigenvalue weighted by molar-refractivity contribution is -0.870. The number of nitrogens with zero attached hydrogens (tertiary/aromatic N) is 1. The second-order valence-corrected chi connectivity index (χ2v) is 19.9. The number of phosphoric ester groups is 1. The van der Waals surface area contributed by atoms with Gasteiger partial charge in [-0.05, 0) is 83.5 Å². The Morgan fingerprint density at radius 2 is 0.954 bits per heavy atom. The molecule has 0 aromatic carbocycles. The first-order valence-corrected chi connectivity index (χ1v) is 27.6. The first kappa shape index (κ1) is 62.4. The van der Waals surface area contributed by atoms with Gasteiger partial charge in [-0.25, -0.2) is 0 Å². The molecule has 2 N–H and O–H groups in total. The average molecular weight is 927 g/mol. The minimum absolute atomic E-state index is 0.0248. The summed E-state index contributed by atoms with van der Waals surface area (Å²) < 4.78 is 23.2. The minimum Gasteiger partial charge on any atom is -0.756 e. The maximum absolute atomic E-state index is 12.9. The fourth-order valence-corrected chi connectivity index (χ4v) is 7.65. The van der Waals surface area contributed by atoms with Gasteiger partial charge >= 0.3 is 0 Å². The summed E-state index contributed by atoms with van der Waals surface area (Å²) in [6.45, 7) is 4.45. The van der Waals surface area contributed by atoms with Crippen LogP contribution in [0.3, 0.4) is 0 Å². The Bertz CT molecular complexity index is 1370. The van der Waals surface area contributed by atoms with Crippen molar-refractivity contribution < 1.29 is 32.9 Å². The van der Waals surface area contributed by atoms with Gasteiger partial charge in [0.15, 0.2) is 0 Å². The van der Waals surface area contributed by atoms with E-state index in [9.17, 15) is 19.4 Å². The van der Waals surface area contributed by atoms with Gasteiger partial charge in [-0.3, -0.25) is 9.36 Å². The van der Waals surface area contributed by atoms with Crippen LogP contribution in [0.2, 0.25) is 0 Å². The van der Waals surface area contributed by atoms with Gasteiger partial charge in [-0.2, -0.15) is 0 Å². The first-order valence-electron chi connectivity index (χ1n) is 26.1. The molecule has 0 spiro atoms. The van der Waals surface area contributed by atoms with E-state index in [0.29, 0.717) is 23.9 Å². The van der Waals surface area contributed by atoms with Crippen LogP contribution in [-0.2, 0) is 18.4 Å². The van der Waals surface area contributed by atoms with E-state index < -0.39 is 26.6 Å². The van der Waals surface area contributed by atoms with Crippen molar-refractivity contribution in [1.29, 1.82) is 0 Å². The minimum atomic E-state index is -4.63. The number of aliphatic hydroxyl groups is 1. The molecule has 0 fully saturated rings. The smallest absolute Gasteiger partial charge is 0.268 e. The van der Waals surface area contributed by atoms with E-state index >= 15 is 0 Å². The van der Waals surface area contributed by atoms with Crippen molar-refractivity contribution in [3.05, 3.63) is 97.2 Å². The van der Waals surface area contributed by atoms with Crippen LogP contribution in [0.15, 0.2) is 97.2 Å². The fraction of sp³-hybridized carbons (Fsp3) is 0.696. The molecule has 3 atom stereocenters. The summed E-state index contributed by atoms with van der Waals surface area (Å²) in [5, 5.41) is 13.8. The first-order chi connectivity index (χ1) is 31.5. The number of carbonyl (C=O) groups is 1. The van der Waals surface area contributed by atoms with E-state index in [1.54, 1.807) is 6.08 Å². The van der Waals surface area contributed by atoms with Crippen LogP contribution in [0.4, 0.5) is 0 Å². The largest absolute Gasteiger partial charge is 0.756 e. The maximum atomic E-state index is 12.9. The van der Waals surface area contributed by atoms with Gasteiger partial charge in [0.25, 0.3) is 7.82 Å². The Labute approximate surface area is 400 Å². The molecule has 374 valence electrons. The quantitative estimate of drug-likeness (QED) is 0.0272. The van der Waals surface area contributed by atoms with Crippen molar-refractivity contribution in [2.75, 3.05) is 40.9 Å². The standard InChI is InChI=1S/C56H99N2O6P/c1-6-8-10-12-14-16-18-20-22-24-25-26-27-28-29-30-31-32-34-35-37-39-41-43-45-47-49-55(59)54(53-64-65(61,62)63-52-51-58(3,4)5)57-56(60)50-48-46-44-42-40-38-36-33-23-21-19-17-15-13-11-9-7-2/h9,11,15,17,21,23,32,34,36,38-39,41-42,44,47,49,54-55,59H,6-8,10,12-14,16,18-20,22,24-31,33,35,37,40,43,45-46,48,50-53H2,1-5H3,(H-,57,60,61,62)/b11-9-,17-15-,23-21-,34-32+,38-36-,41-39+,44-42-,49-47+. The summed E-state index contributed by atoms with van der Waals surface area (Å²) in [6.07, 6.45) is 66.4. The zero-order valence-corrected chi connectivity index (χ0v) is 43.3. The average Bonchev–Trinajstić information content (AvgIpc) is 3.26. The van der Waals surface area contributed by atoms with E-state index in [1.165, 1.54) is 109 Å². The third-order valence-electron chi connectivity index (χ3n) is 11.0. The molecule has 0 saturated heterocycles. The number of rotatable bonds is 46. The summed E-state index contributed by atoms with van der Waals surface area (Å²) in [7, 11) is 1.18. The van der Waals surface area contributed by atoms with Crippen molar-refractivity contribution >= 4 is 13.7 Å². The monoisotopic (exact) mass is 927 g/mol. The summed E-state index contributed by atoms with van der Waals surface area (Å²) in [6, 6.07) is -0.946. The predicted molar refractivity (Wildman–Crippen MR) is 279 cm³/mol. The summed E-state index contributed by atoms with van der Waals surface area (Å²) in [5.41, 5.74) is 0. The Morgan fingerprint density at radius 3 is 1.43 bits per heavy atom. The molecule has 0 bridgehead atoms. The van der Waals surface area contributed by atoms with Crippen LogP contribution >= 0.6 is 7.82 Å². The summed E-state index contributed by atoms with van der Waals surface area (Å²) in [4.78, 5) is 25.4. The van der Waals surface area contributed by atoms with E-state index in [0.717, 1.165) is 57.8 Å². The number of unbranched alkanes of at least 4 members (excludes halogenated alkanes) is 19. The highest BCUT2D eigenvalue weighted by atomic mass is 31.2. The molecular formula is C56H99N2O6P. The van der Waals surface area contributed by atoms with Crippen molar-refractivity contribution in [1.82, 2.24) is 5.32 Å². The number of likely N-dealkylation sites (N-methyl/N-ethyl adjacent to an activating group) is 1. The second kappa shape index (κ2) is 46.5. The Hall–Kier alpha value is -2.58. The maximum Gasteiger partial charge on any atom is 0.268 e. The van der Waals surface area contributed by atoms with Crippen molar-refractivity contribution in [2.45, 2.75) is 212 Å². The lowest BCUT2D eigenvalue weighted by Crippen LogP contribution is -2.45. The third kappa shape index (κ3) is 49.2. The predicted octanol–water partition coefficient (Wildman–Crippen LogP) is 14.8. The van der Waals surface area contributed by atoms with Gasteiger partial charge in [0.2, 0.25) is 5.91 Å². The molecule has 8 nitrogen and oxygen atoms in total. The van der Waals surface area contributed by atoms with Crippen LogP contribution in [0.1, 0.15) is 200 Å². The zero-order valence-electron chi connectivity index (χ0n) is 42.4. The Balaban J connectivity index is 4.44. The highest BCUT2D eigenvalue weighted by Gasteiger charge is 2.23. The lowest BCUT2D eigenvalue weighted by Gasteiger charge is -2.29. The molecule has 1 amide bonds. The van der Waals surface area contributed by atoms with Crippen molar-refractivity contribution in [3.8, 4) is 0 Å². The van der Waals surface area contributed by atoms with Gasteiger partial charge < -0.3 is 28.8 Å². The van der Waals surface area contributed by atoms with Crippen molar-refractivity contribution in [3.63, 3.8) is 0 Å². The molecule has 0 aliphatic rings. The molecule has 3 unspecified atom stereocenters. The lowest BCUT2D eigenvalue weighted by atomic mass is 10.0. The van der Waals surface area contributed by atoms with Gasteiger partial charge in [-0.15, -0.1) is 0 Å². The van der Waals surface area contributed by atoms with Crippen LogP contribution in [0, 0.1) is 0 Å². The Kier molecular flexibility index (Phi) is 44.7. The van der Waals surface area contributed by atoms with Crippen LogP contribution in [0.25, 0.3) is 0 Å². The molecule has 0 saturated carbocycles. The number of phosphoric acid groups is 1. The summed E-state index contributed by atoms with van der Waals surface area (Å²) in [5.74, 6) is -0.271. The molecular weight excluding hydrogens is 828 g/mol.